The van der Waals surface area contributed by atoms with Crippen molar-refractivity contribution >= 4 is 17.9 Å². The molecule has 1 aliphatic rings. The molecule has 3 amide bonds. The topological polar surface area (TPSA) is 75.7 Å². The van der Waals surface area contributed by atoms with Gasteiger partial charge in [-0.15, -0.1) is 0 Å². The lowest BCUT2D eigenvalue weighted by Gasteiger charge is -2.29. The zero-order valence-electron chi connectivity index (χ0n) is 11.9. The molecule has 0 atom stereocenters. The van der Waals surface area contributed by atoms with Crippen LogP contribution in [0, 0.1) is 5.92 Å². The molecule has 1 fully saturated rings. The Hall–Kier alpha value is -1.85. The Morgan fingerprint density at radius 3 is 2.42 bits per heavy atom. The first kappa shape index (κ1) is 15.2. The van der Waals surface area contributed by atoms with Gasteiger partial charge < -0.3 is 10.1 Å². The predicted octanol–water partition coefficient (Wildman–Crippen LogP) is 1.42. The van der Waals surface area contributed by atoms with Crippen molar-refractivity contribution in [1.82, 2.24) is 10.2 Å². The van der Waals surface area contributed by atoms with E-state index >= 15 is 0 Å². The second-order valence-corrected chi connectivity index (χ2v) is 5.74. The number of rotatable bonds is 1. The van der Waals surface area contributed by atoms with Crippen LogP contribution in [0.15, 0.2) is 11.8 Å². The molecule has 0 saturated carbocycles. The molecular formula is C13H20N2O4. The van der Waals surface area contributed by atoms with Crippen molar-refractivity contribution in [2.24, 2.45) is 5.92 Å². The standard InChI is InChI=1S/C13H20N2O4/c1-8(2)6-9-11(17)15(7-10(16)14-9)12(18)19-13(3,4)5/h6,8H,7H2,1-5H3,(H,14,16)/b9-6-. The largest absolute Gasteiger partial charge is 0.443 e. The molecule has 0 unspecified atom stereocenters. The van der Waals surface area contributed by atoms with Crippen LogP contribution in [0.25, 0.3) is 0 Å². The number of carbonyl (C=O) groups excluding carboxylic acids is 3. The van der Waals surface area contributed by atoms with Gasteiger partial charge in [0.05, 0.1) is 0 Å². The summed E-state index contributed by atoms with van der Waals surface area (Å²) in [4.78, 5) is 36.3. The van der Waals surface area contributed by atoms with E-state index in [1.807, 2.05) is 13.8 Å². The molecule has 0 aromatic heterocycles. The summed E-state index contributed by atoms with van der Waals surface area (Å²) in [5.74, 6) is -0.863. The van der Waals surface area contributed by atoms with Gasteiger partial charge in [-0.1, -0.05) is 19.9 Å². The second kappa shape index (κ2) is 5.42. The third-order valence-electron chi connectivity index (χ3n) is 2.17. The van der Waals surface area contributed by atoms with Crippen LogP contribution in [0.2, 0.25) is 0 Å². The number of ether oxygens (including phenoxy) is 1. The van der Waals surface area contributed by atoms with Crippen LogP contribution in [0.4, 0.5) is 4.79 Å². The molecule has 0 aromatic carbocycles. The number of piperazine rings is 1. The summed E-state index contributed by atoms with van der Waals surface area (Å²) < 4.78 is 5.11. The van der Waals surface area contributed by atoms with Crippen molar-refractivity contribution in [2.75, 3.05) is 6.54 Å². The Balaban J connectivity index is 2.92. The fraction of sp³-hybridized carbons (Fsp3) is 0.615. The maximum atomic E-state index is 12.1. The van der Waals surface area contributed by atoms with Crippen molar-refractivity contribution in [1.29, 1.82) is 0 Å². The highest BCUT2D eigenvalue weighted by atomic mass is 16.6. The monoisotopic (exact) mass is 268 g/mol. The van der Waals surface area contributed by atoms with Gasteiger partial charge in [0.1, 0.15) is 17.8 Å². The maximum absolute atomic E-state index is 12.1. The van der Waals surface area contributed by atoms with Gasteiger partial charge in [-0.2, -0.15) is 0 Å². The zero-order chi connectivity index (χ0) is 14.8. The van der Waals surface area contributed by atoms with E-state index in [9.17, 15) is 14.4 Å². The van der Waals surface area contributed by atoms with Crippen molar-refractivity contribution in [3.8, 4) is 0 Å². The number of allylic oxidation sites excluding steroid dienone is 1. The summed E-state index contributed by atoms with van der Waals surface area (Å²) in [7, 11) is 0. The molecule has 1 saturated heterocycles. The third-order valence-corrected chi connectivity index (χ3v) is 2.17. The number of hydrogen-bond donors (Lipinski definition) is 1. The minimum absolute atomic E-state index is 0.0813. The van der Waals surface area contributed by atoms with E-state index in [4.69, 9.17) is 4.74 Å². The van der Waals surface area contributed by atoms with Crippen LogP contribution in [-0.2, 0) is 14.3 Å². The first-order valence-corrected chi connectivity index (χ1v) is 6.16. The summed E-state index contributed by atoms with van der Waals surface area (Å²) in [5.41, 5.74) is -0.593. The Bertz CT molecular complexity index is 432. The summed E-state index contributed by atoms with van der Waals surface area (Å²) >= 11 is 0. The summed E-state index contributed by atoms with van der Waals surface area (Å²) in [6, 6.07) is 0. The fourth-order valence-corrected chi connectivity index (χ4v) is 1.51. The van der Waals surface area contributed by atoms with E-state index in [1.54, 1.807) is 26.8 Å². The zero-order valence-corrected chi connectivity index (χ0v) is 11.9. The van der Waals surface area contributed by atoms with Crippen molar-refractivity contribution in [2.45, 2.75) is 40.2 Å². The predicted molar refractivity (Wildman–Crippen MR) is 69.0 cm³/mol. The van der Waals surface area contributed by atoms with Crippen LogP contribution in [-0.4, -0.2) is 35.0 Å². The average molecular weight is 268 g/mol. The fourth-order valence-electron chi connectivity index (χ4n) is 1.51. The first-order chi connectivity index (χ1) is 8.60. The molecule has 1 rings (SSSR count). The molecule has 1 aliphatic heterocycles. The second-order valence-electron chi connectivity index (χ2n) is 5.74. The molecule has 0 radical (unpaired) electrons. The average Bonchev–Trinajstić information content (AvgIpc) is 2.19. The van der Waals surface area contributed by atoms with Gasteiger partial charge in [-0.3, -0.25) is 9.59 Å². The van der Waals surface area contributed by atoms with Crippen LogP contribution >= 0.6 is 0 Å². The Morgan fingerprint density at radius 2 is 1.95 bits per heavy atom. The van der Waals surface area contributed by atoms with E-state index in [0.29, 0.717) is 0 Å². The van der Waals surface area contributed by atoms with Gasteiger partial charge >= 0.3 is 6.09 Å². The number of carbonyl (C=O) groups is 3. The summed E-state index contributed by atoms with van der Waals surface area (Å²) in [5, 5.41) is 2.47. The van der Waals surface area contributed by atoms with Crippen LogP contribution in [0.5, 0.6) is 0 Å². The number of amides is 3. The van der Waals surface area contributed by atoms with E-state index in [2.05, 4.69) is 5.32 Å². The molecular weight excluding hydrogens is 248 g/mol. The SMILES string of the molecule is CC(C)/C=C1\NC(=O)CN(C(=O)OC(C)(C)C)C1=O. The Kier molecular flexibility index (Phi) is 4.34. The van der Waals surface area contributed by atoms with Gasteiger partial charge in [-0.25, -0.2) is 9.69 Å². The minimum atomic E-state index is -0.804. The van der Waals surface area contributed by atoms with Crippen molar-refractivity contribution in [3.05, 3.63) is 11.8 Å². The van der Waals surface area contributed by atoms with E-state index < -0.39 is 23.5 Å². The molecule has 0 bridgehead atoms. The van der Waals surface area contributed by atoms with E-state index in [0.717, 1.165) is 4.90 Å². The van der Waals surface area contributed by atoms with Crippen molar-refractivity contribution < 1.29 is 19.1 Å². The van der Waals surface area contributed by atoms with Gasteiger partial charge in [-0.05, 0) is 26.7 Å². The van der Waals surface area contributed by atoms with Crippen LogP contribution in [0.1, 0.15) is 34.6 Å². The molecule has 6 nitrogen and oxygen atoms in total. The molecule has 1 heterocycles. The van der Waals surface area contributed by atoms with Gasteiger partial charge in [0.2, 0.25) is 5.91 Å². The number of hydrogen-bond acceptors (Lipinski definition) is 4. The Morgan fingerprint density at radius 1 is 1.37 bits per heavy atom. The molecule has 0 aromatic rings. The third kappa shape index (κ3) is 4.39. The highest BCUT2D eigenvalue weighted by Crippen LogP contribution is 2.14. The van der Waals surface area contributed by atoms with Gasteiger partial charge in [0, 0.05) is 0 Å². The number of imide groups is 1. The summed E-state index contributed by atoms with van der Waals surface area (Å²) in [6.07, 6.45) is 0.804. The molecule has 0 spiro atoms. The van der Waals surface area contributed by atoms with Crippen LogP contribution in [0.3, 0.4) is 0 Å². The smallest absolute Gasteiger partial charge is 0.417 e. The maximum Gasteiger partial charge on any atom is 0.417 e. The quantitative estimate of drug-likeness (QED) is 0.730. The first-order valence-electron chi connectivity index (χ1n) is 6.16. The lowest BCUT2D eigenvalue weighted by atomic mass is 10.1. The van der Waals surface area contributed by atoms with Crippen LogP contribution < -0.4 is 5.32 Å². The van der Waals surface area contributed by atoms with E-state index in [1.165, 1.54) is 0 Å². The number of nitrogens with zero attached hydrogens (tertiary/aromatic N) is 1. The molecule has 1 N–H and O–H groups in total. The highest BCUT2D eigenvalue weighted by molar-refractivity contribution is 6.09. The van der Waals surface area contributed by atoms with E-state index in [-0.39, 0.29) is 18.2 Å². The number of nitrogens with one attached hydrogen (secondary N) is 1. The normalized spacial score (nSPS) is 18.8. The molecule has 19 heavy (non-hydrogen) atoms. The van der Waals surface area contributed by atoms with Crippen molar-refractivity contribution in [3.63, 3.8) is 0 Å². The molecule has 6 heteroatoms. The Labute approximate surface area is 112 Å². The minimum Gasteiger partial charge on any atom is -0.443 e. The lowest BCUT2D eigenvalue weighted by Crippen LogP contribution is -2.53. The van der Waals surface area contributed by atoms with Gasteiger partial charge in [0.25, 0.3) is 5.91 Å². The molecule has 106 valence electrons. The summed E-state index contributed by atoms with van der Waals surface area (Å²) in [6.45, 7) is 8.53. The lowest BCUT2D eigenvalue weighted by molar-refractivity contribution is -0.136. The van der Waals surface area contributed by atoms with Gasteiger partial charge in [0.15, 0.2) is 0 Å². The molecule has 0 aliphatic carbocycles. The highest BCUT2D eigenvalue weighted by Gasteiger charge is 2.35.